The normalized spacial score (nSPS) is 14.2. The van der Waals surface area contributed by atoms with Gasteiger partial charge in [0.25, 0.3) is 0 Å². The smallest absolute Gasteiger partial charge is 0.156 e. The quantitative estimate of drug-likeness (QED) is 0.177. The summed E-state index contributed by atoms with van der Waals surface area (Å²) >= 11 is 1.84. The maximum absolute atomic E-state index is 5.23. The van der Waals surface area contributed by atoms with Crippen molar-refractivity contribution in [1.29, 1.82) is 0 Å². The molecular formula is C41H29N3S. The predicted molar refractivity (Wildman–Crippen MR) is 191 cm³/mol. The van der Waals surface area contributed by atoms with E-state index in [1.165, 1.54) is 42.2 Å². The molecule has 0 radical (unpaired) electrons. The highest BCUT2D eigenvalue weighted by Gasteiger charge is 2.14. The third-order valence-corrected chi connectivity index (χ3v) is 10.0. The van der Waals surface area contributed by atoms with E-state index in [4.69, 9.17) is 9.97 Å². The summed E-state index contributed by atoms with van der Waals surface area (Å²) in [6, 6.07) is 48.2. The first-order valence-electron chi connectivity index (χ1n) is 15.5. The minimum atomic E-state index is 0.355. The van der Waals surface area contributed by atoms with Crippen molar-refractivity contribution in [1.82, 2.24) is 14.5 Å². The third-order valence-electron chi connectivity index (χ3n) is 8.87. The summed E-state index contributed by atoms with van der Waals surface area (Å²) in [5, 5.41) is 5.83. The molecule has 0 fully saturated rings. The Bertz CT molecular complexity index is 2590. The highest BCUT2D eigenvalue weighted by Crippen LogP contribution is 2.35. The van der Waals surface area contributed by atoms with Crippen molar-refractivity contribution in [2.24, 2.45) is 5.92 Å². The van der Waals surface area contributed by atoms with E-state index in [0.717, 1.165) is 45.1 Å². The summed E-state index contributed by atoms with van der Waals surface area (Å²) in [6.45, 7) is 2.29. The van der Waals surface area contributed by atoms with Gasteiger partial charge in [-0.15, -0.1) is 11.3 Å². The molecule has 0 amide bonds. The van der Waals surface area contributed by atoms with E-state index in [9.17, 15) is 0 Å². The fraction of sp³-hybridized carbons (Fsp3) is 0.0732. The number of benzene rings is 5. The summed E-state index contributed by atoms with van der Waals surface area (Å²) in [6.07, 6.45) is 3.29. The number of para-hydroxylation sites is 1. The monoisotopic (exact) mass is 595 g/mol. The first-order chi connectivity index (χ1) is 22.2. The molecule has 9 rings (SSSR count). The lowest BCUT2D eigenvalue weighted by atomic mass is 9.95. The van der Waals surface area contributed by atoms with Gasteiger partial charge in [0.15, 0.2) is 5.65 Å². The standard InChI is InChI=1S/C41H29N3S/c1-26-19-32-22-33(20-26)41-42-35(27-9-3-2-4-10-27)25-36(43-41)31-13-7-11-28(21-31)30-17-18-40-38(24-30)44(34-14-8-12-29(32)23-34)37-15-5-6-16-39(37)45-40/h2-19,21-26H,20H2,1H3. The highest BCUT2D eigenvalue weighted by molar-refractivity contribution is 7.24. The average molecular weight is 596 g/mol. The molecule has 3 aliphatic rings. The Morgan fingerprint density at radius 1 is 0.644 bits per heavy atom. The Kier molecular flexibility index (Phi) is 6.03. The molecule has 0 saturated heterocycles. The van der Waals surface area contributed by atoms with Crippen LogP contribution in [-0.2, 0) is 6.42 Å². The van der Waals surface area contributed by atoms with Crippen LogP contribution in [0, 0.1) is 5.92 Å². The van der Waals surface area contributed by atoms with Gasteiger partial charge in [-0.25, -0.2) is 9.97 Å². The molecule has 4 heteroatoms. The van der Waals surface area contributed by atoms with E-state index in [1.54, 1.807) is 0 Å². The number of hydrogen-bond donors (Lipinski definition) is 0. The Morgan fingerprint density at radius 2 is 1.44 bits per heavy atom. The fourth-order valence-electron chi connectivity index (χ4n) is 6.73. The van der Waals surface area contributed by atoms with Crippen molar-refractivity contribution in [3.05, 3.63) is 144 Å². The van der Waals surface area contributed by atoms with Gasteiger partial charge in [-0.2, -0.15) is 0 Å². The van der Waals surface area contributed by atoms with Crippen LogP contribution in [0.25, 0.3) is 76.2 Å². The van der Waals surface area contributed by atoms with Crippen LogP contribution < -0.4 is 5.22 Å². The Morgan fingerprint density at radius 3 is 2.38 bits per heavy atom. The number of hydrogen-bond acceptors (Lipinski definition) is 3. The second kappa shape index (κ2) is 10.4. The molecule has 1 unspecified atom stereocenters. The Hall–Kier alpha value is -5.32. The lowest BCUT2D eigenvalue weighted by Gasteiger charge is -2.17. The van der Waals surface area contributed by atoms with Crippen molar-refractivity contribution < 1.29 is 0 Å². The molecule has 2 aliphatic heterocycles. The molecule has 0 N–H and O–H groups in total. The number of nitrogens with zero attached hydrogens (tertiary/aromatic N) is 3. The molecule has 6 aromatic rings. The molecule has 45 heavy (non-hydrogen) atoms. The van der Waals surface area contributed by atoms with E-state index in [0.29, 0.717) is 5.92 Å². The van der Waals surface area contributed by atoms with Gasteiger partial charge in [-0.05, 0) is 93.9 Å². The molecule has 5 aromatic carbocycles. The van der Waals surface area contributed by atoms with Crippen LogP contribution in [0.1, 0.15) is 12.5 Å². The lowest BCUT2D eigenvalue weighted by molar-refractivity contribution is 0.755. The van der Waals surface area contributed by atoms with Crippen LogP contribution in [0.2, 0.25) is 0 Å². The molecule has 0 spiro atoms. The van der Waals surface area contributed by atoms with E-state index < -0.39 is 0 Å². The molecule has 0 saturated carbocycles. The third kappa shape index (κ3) is 4.57. The van der Waals surface area contributed by atoms with Gasteiger partial charge in [0.05, 0.1) is 31.8 Å². The molecule has 1 aliphatic carbocycles. The van der Waals surface area contributed by atoms with Crippen molar-refractivity contribution in [3.63, 3.8) is 0 Å². The maximum atomic E-state index is 5.23. The molecule has 1 aromatic heterocycles. The lowest BCUT2D eigenvalue weighted by Crippen LogP contribution is -2.13. The maximum Gasteiger partial charge on any atom is 0.156 e. The van der Waals surface area contributed by atoms with Crippen LogP contribution in [-0.4, -0.2) is 14.5 Å². The molecule has 214 valence electrons. The van der Waals surface area contributed by atoms with Crippen LogP contribution >= 0.6 is 11.3 Å². The van der Waals surface area contributed by atoms with Crippen molar-refractivity contribution in [3.8, 4) is 16.9 Å². The van der Waals surface area contributed by atoms with E-state index in [1.807, 2.05) is 17.4 Å². The minimum absolute atomic E-state index is 0.355. The fourth-order valence-corrected chi connectivity index (χ4v) is 7.77. The first-order valence-corrected chi connectivity index (χ1v) is 16.3. The van der Waals surface area contributed by atoms with Gasteiger partial charge in [-0.3, -0.25) is 0 Å². The van der Waals surface area contributed by atoms with Crippen LogP contribution in [0.15, 0.2) is 133 Å². The van der Waals surface area contributed by atoms with E-state index in [2.05, 4.69) is 145 Å². The summed E-state index contributed by atoms with van der Waals surface area (Å²) in [7, 11) is 0. The zero-order valence-electron chi connectivity index (χ0n) is 24.8. The van der Waals surface area contributed by atoms with Crippen LogP contribution in [0.4, 0.5) is 0 Å². The summed E-state index contributed by atoms with van der Waals surface area (Å²) < 4.78 is 4.94. The highest BCUT2D eigenvalue weighted by atomic mass is 32.1. The van der Waals surface area contributed by atoms with E-state index >= 15 is 0 Å². The number of rotatable bonds is 1. The van der Waals surface area contributed by atoms with Gasteiger partial charge in [0.1, 0.15) is 0 Å². The average Bonchev–Trinajstić information content (AvgIpc) is 3.10. The number of aromatic nitrogens is 3. The van der Waals surface area contributed by atoms with Gasteiger partial charge >= 0.3 is 0 Å². The van der Waals surface area contributed by atoms with Crippen molar-refractivity contribution in [2.45, 2.75) is 13.3 Å². The largest absolute Gasteiger partial charge is 0.308 e. The van der Waals surface area contributed by atoms with E-state index in [-0.39, 0.29) is 0 Å². The zero-order valence-corrected chi connectivity index (χ0v) is 25.6. The van der Waals surface area contributed by atoms with Crippen molar-refractivity contribution >= 4 is 70.6 Å². The summed E-state index contributed by atoms with van der Waals surface area (Å²) in [5.41, 5.74) is 8.48. The van der Waals surface area contributed by atoms with Gasteiger partial charge in [0, 0.05) is 16.5 Å². The topological polar surface area (TPSA) is 30.7 Å². The second-order valence-electron chi connectivity index (χ2n) is 12.0. The molecular weight excluding hydrogens is 567 g/mol. The first kappa shape index (κ1) is 26.1. The zero-order chi connectivity index (χ0) is 29.9. The van der Waals surface area contributed by atoms with Gasteiger partial charge in [0.2, 0.25) is 0 Å². The minimum Gasteiger partial charge on any atom is -0.308 e. The predicted octanol–water partition coefficient (Wildman–Crippen LogP) is 10.1. The molecule has 10 bridgehead atoms. The Balaban J connectivity index is 1.51. The Labute approximate surface area is 264 Å². The molecule has 3 nitrogen and oxygen atoms in total. The molecule has 1 atom stereocenters. The van der Waals surface area contributed by atoms with Crippen LogP contribution in [0.5, 0.6) is 0 Å². The van der Waals surface area contributed by atoms with Gasteiger partial charge in [-0.1, -0.05) is 91.9 Å². The summed E-state index contributed by atoms with van der Waals surface area (Å²) in [5.74, 6) is 0.355. The molecule has 3 heterocycles. The SMILES string of the molecule is CC1C=c2cc(c3nc(-c4ccccc4)cc(n3)c3cccc(c3)c3ccc4sc5ccccc5n(c5cccc2c5)-c4c3)C1. The summed E-state index contributed by atoms with van der Waals surface area (Å²) in [4.78, 5) is 10.4. The van der Waals surface area contributed by atoms with Crippen LogP contribution in [0.3, 0.4) is 0 Å². The number of fused-ring (bicyclic) bond motifs is 16. The van der Waals surface area contributed by atoms with Gasteiger partial charge < -0.3 is 4.57 Å². The second-order valence-corrected chi connectivity index (χ2v) is 13.1. The van der Waals surface area contributed by atoms with Crippen molar-refractivity contribution in [2.75, 3.05) is 0 Å².